The van der Waals surface area contributed by atoms with Crippen LogP contribution in [-0.2, 0) is 0 Å². The molecule has 0 radical (unpaired) electrons. The maximum absolute atomic E-state index is 13.7. The van der Waals surface area contributed by atoms with E-state index in [1.165, 1.54) is 30.3 Å². The zero-order chi connectivity index (χ0) is 15.6. The predicted molar refractivity (Wildman–Crippen MR) is 72.7 cm³/mol. The Morgan fingerprint density at radius 3 is 1.86 bits per heavy atom. The van der Waals surface area contributed by atoms with Crippen LogP contribution in [0.1, 0.15) is 37.1 Å². The lowest BCUT2D eigenvalue weighted by Crippen LogP contribution is -2.24. The molecule has 0 heterocycles. The Hall–Kier alpha value is -1.88. The largest absolute Gasteiger partial charge is 0.303 e. The second-order valence-electron chi connectivity index (χ2n) is 4.95. The van der Waals surface area contributed by atoms with Gasteiger partial charge in [0.2, 0.25) is 0 Å². The molecule has 0 amide bonds. The van der Waals surface area contributed by atoms with Crippen LogP contribution in [0.25, 0.3) is 0 Å². The fraction of sp³-hybridized carbons (Fsp3) is 0.250. The van der Waals surface area contributed by atoms with Crippen molar-refractivity contribution in [1.82, 2.24) is 5.32 Å². The maximum atomic E-state index is 13.7. The molecule has 1 N–H and O–H groups in total. The third-order valence-electron chi connectivity index (χ3n) is 3.32. The molecule has 2 unspecified atom stereocenters. The van der Waals surface area contributed by atoms with E-state index < -0.39 is 35.4 Å². The lowest BCUT2D eigenvalue weighted by Gasteiger charge is -2.21. The summed E-state index contributed by atoms with van der Waals surface area (Å²) in [6.45, 7) is 3.26. The van der Waals surface area contributed by atoms with E-state index in [1.54, 1.807) is 13.8 Å². The number of rotatable bonds is 4. The van der Waals surface area contributed by atoms with Crippen molar-refractivity contribution in [2.45, 2.75) is 25.9 Å². The second kappa shape index (κ2) is 6.26. The van der Waals surface area contributed by atoms with Crippen LogP contribution in [0.4, 0.5) is 17.6 Å². The standard InChI is InChI=1S/C16H15F4N/c1-9(11-6-12(17)8-13(18)7-11)21-10(2)16-14(19)4-3-5-15(16)20/h3-10,21H,1-2H3. The van der Waals surface area contributed by atoms with Crippen molar-refractivity contribution in [1.29, 1.82) is 0 Å². The summed E-state index contributed by atoms with van der Waals surface area (Å²) in [6.07, 6.45) is 0. The highest BCUT2D eigenvalue weighted by Crippen LogP contribution is 2.24. The third kappa shape index (κ3) is 3.61. The minimum atomic E-state index is -0.691. The number of hydrogen-bond acceptors (Lipinski definition) is 1. The van der Waals surface area contributed by atoms with E-state index in [-0.39, 0.29) is 5.56 Å². The highest BCUT2D eigenvalue weighted by Gasteiger charge is 2.18. The topological polar surface area (TPSA) is 12.0 Å². The summed E-state index contributed by atoms with van der Waals surface area (Å²) in [5.41, 5.74) is 0.275. The molecule has 0 fully saturated rings. The fourth-order valence-corrected chi connectivity index (χ4v) is 2.30. The summed E-state index contributed by atoms with van der Waals surface area (Å²) in [7, 11) is 0. The molecule has 0 saturated carbocycles. The van der Waals surface area contributed by atoms with Crippen molar-refractivity contribution in [3.63, 3.8) is 0 Å². The molecule has 0 aromatic heterocycles. The van der Waals surface area contributed by atoms with Gasteiger partial charge in [0.25, 0.3) is 0 Å². The molecule has 0 aliphatic rings. The summed E-state index contributed by atoms with van der Waals surface area (Å²) in [5.74, 6) is -2.70. The van der Waals surface area contributed by atoms with Gasteiger partial charge in [0.05, 0.1) is 0 Å². The Morgan fingerprint density at radius 1 is 0.810 bits per heavy atom. The van der Waals surface area contributed by atoms with Gasteiger partial charge in [-0.15, -0.1) is 0 Å². The highest BCUT2D eigenvalue weighted by molar-refractivity contribution is 5.25. The Morgan fingerprint density at radius 2 is 1.33 bits per heavy atom. The smallest absolute Gasteiger partial charge is 0.130 e. The summed E-state index contributed by atoms with van der Waals surface area (Å²) in [4.78, 5) is 0. The van der Waals surface area contributed by atoms with Crippen LogP contribution in [0.3, 0.4) is 0 Å². The van der Waals surface area contributed by atoms with Crippen molar-refractivity contribution in [3.05, 3.63) is 70.8 Å². The summed E-state index contributed by atoms with van der Waals surface area (Å²) < 4.78 is 53.7. The SMILES string of the molecule is CC(NC(C)c1c(F)cccc1F)c1cc(F)cc(F)c1. The molecule has 0 spiro atoms. The number of hydrogen-bond donors (Lipinski definition) is 1. The Labute approximate surface area is 120 Å². The van der Waals surface area contributed by atoms with E-state index in [9.17, 15) is 17.6 Å². The van der Waals surface area contributed by atoms with Crippen LogP contribution in [-0.4, -0.2) is 0 Å². The van der Waals surface area contributed by atoms with Gasteiger partial charge in [-0.2, -0.15) is 0 Å². The molecule has 0 bridgehead atoms. The van der Waals surface area contributed by atoms with E-state index in [4.69, 9.17) is 0 Å². The number of halogens is 4. The first kappa shape index (κ1) is 15.5. The predicted octanol–water partition coefficient (Wildman–Crippen LogP) is 4.65. The number of benzene rings is 2. The minimum Gasteiger partial charge on any atom is -0.303 e. The van der Waals surface area contributed by atoms with Gasteiger partial charge in [0.1, 0.15) is 23.3 Å². The molecule has 2 atom stereocenters. The third-order valence-corrected chi connectivity index (χ3v) is 3.32. The molecule has 2 aromatic rings. The lowest BCUT2D eigenvalue weighted by molar-refractivity contribution is 0.447. The van der Waals surface area contributed by atoms with Crippen molar-refractivity contribution in [3.8, 4) is 0 Å². The van der Waals surface area contributed by atoms with Crippen molar-refractivity contribution in [2.24, 2.45) is 0 Å². The normalized spacial score (nSPS) is 14.0. The molecular weight excluding hydrogens is 282 g/mol. The maximum Gasteiger partial charge on any atom is 0.130 e. The molecule has 0 saturated heterocycles. The Balaban J connectivity index is 2.20. The molecule has 1 nitrogen and oxygen atoms in total. The van der Waals surface area contributed by atoms with Crippen LogP contribution < -0.4 is 5.32 Å². The van der Waals surface area contributed by atoms with Crippen LogP contribution in [0.5, 0.6) is 0 Å². The molecule has 21 heavy (non-hydrogen) atoms. The lowest BCUT2D eigenvalue weighted by atomic mass is 10.0. The first-order chi connectivity index (χ1) is 9.88. The highest BCUT2D eigenvalue weighted by atomic mass is 19.1. The van der Waals surface area contributed by atoms with Gasteiger partial charge in [0, 0.05) is 23.7 Å². The van der Waals surface area contributed by atoms with Crippen LogP contribution in [0, 0.1) is 23.3 Å². The van der Waals surface area contributed by atoms with Gasteiger partial charge in [-0.1, -0.05) is 6.07 Å². The molecular formula is C16H15F4N. The van der Waals surface area contributed by atoms with Gasteiger partial charge in [0.15, 0.2) is 0 Å². The molecule has 2 rings (SSSR count). The average molecular weight is 297 g/mol. The van der Waals surface area contributed by atoms with Gasteiger partial charge in [-0.3, -0.25) is 0 Å². The zero-order valence-electron chi connectivity index (χ0n) is 11.6. The molecule has 2 aromatic carbocycles. The summed E-state index contributed by atoms with van der Waals surface area (Å²) >= 11 is 0. The Bertz CT molecular complexity index is 602. The molecule has 0 aliphatic carbocycles. The second-order valence-corrected chi connectivity index (χ2v) is 4.95. The van der Waals surface area contributed by atoms with E-state index in [1.807, 2.05) is 0 Å². The van der Waals surface area contributed by atoms with Crippen LogP contribution >= 0.6 is 0 Å². The average Bonchev–Trinajstić information content (AvgIpc) is 2.37. The van der Waals surface area contributed by atoms with E-state index in [0.717, 1.165) is 6.07 Å². The van der Waals surface area contributed by atoms with Crippen LogP contribution in [0.2, 0.25) is 0 Å². The Kier molecular flexibility index (Phi) is 4.63. The zero-order valence-corrected chi connectivity index (χ0v) is 11.6. The van der Waals surface area contributed by atoms with Gasteiger partial charge in [-0.05, 0) is 43.7 Å². The van der Waals surface area contributed by atoms with E-state index in [2.05, 4.69) is 5.32 Å². The number of nitrogens with one attached hydrogen (secondary N) is 1. The molecule has 112 valence electrons. The monoisotopic (exact) mass is 297 g/mol. The van der Waals surface area contributed by atoms with Crippen molar-refractivity contribution >= 4 is 0 Å². The minimum absolute atomic E-state index is 0.0961. The molecule has 5 heteroatoms. The summed E-state index contributed by atoms with van der Waals surface area (Å²) in [5, 5.41) is 2.94. The summed E-state index contributed by atoms with van der Waals surface area (Å²) in [6, 6.07) is 5.65. The first-order valence-corrected chi connectivity index (χ1v) is 6.54. The van der Waals surface area contributed by atoms with E-state index >= 15 is 0 Å². The van der Waals surface area contributed by atoms with Crippen molar-refractivity contribution < 1.29 is 17.6 Å². The quantitative estimate of drug-likeness (QED) is 0.810. The van der Waals surface area contributed by atoms with Gasteiger partial charge >= 0.3 is 0 Å². The van der Waals surface area contributed by atoms with Crippen molar-refractivity contribution in [2.75, 3.05) is 0 Å². The van der Waals surface area contributed by atoms with Crippen LogP contribution in [0.15, 0.2) is 36.4 Å². The first-order valence-electron chi connectivity index (χ1n) is 6.54. The van der Waals surface area contributed by atoms with E-state index in [0.29, 0.717) is 5.56 Å². The molecule has 0 aliphatic heterocycles. The fourth-order valence-electron chi connectivity index (χ4n) is 2.30. The van der Waals surface area contributed by atoms with Gasteiger partial charge < -0.3 is 5.32 Å². The van der Waals surface area contributed by atoms with Gasteiger partial charge in [-0.25, -0.2) is 17.6 Å².